The number of nitrogen functional groups attached to an aromatic ring is 1. The van der Waals surface area contributed by atoms with Crippen molar-refractivity contribution in [2.75, 3.05) is 96.8 Å². The Morgan fingerprint density at radius 1 is 0.809 bits per heavy atom. The van der Waals surface area contributed by atoms with Gasteiger partial charge in [-0.2, -0.15) is 0 Å². The molecule has 7 rings (SSSR count). The number of aryl methyl sites for hydroxylation is 1. The van der Waals surface area contributed by atoms with Gasteiger partial charge in [0.1, 0.15) is 24.0 Å². The molecule has 4 heterocycles. The number of benzene rings is 3. The minimum Gasteiger partial charge on any atom is -0.482 e. The number of aliphatic hydroxyl groups is 1. The van der Waals surface area contributed by atoms with Gasteiger partial charge in [-0.15, -0.1) is 21.5 Å². The molecular weight excluding hydrogens is 1210 g/mol. The maximum absolute atomic E-state index is 14.2. The number of hydrogen-bond acceptors (Lipinski definition) is 18. The summed E-state index contributed by atoms with van der Waals surface area (Å²) in [5.74, 6) is -2.95. The van der Waals surface area contributed by atoms with Crippen LogP contribution in [0.4, 0.5) is 15.9 Å². The van der Waals surface area contributed by atoms with Crippen molar-refractivity contribution in [1.82, 2.24) is 40.5 Å². The van der Waals surface area contributed by atoms with Crippen molar-refractivity contribution in [2.24, 2.45) is 5.41 Å². The highest BCUT2D eigenvalue weighted by molar-refractivity contribution is 7.13. The molecule has 6 N–H and O–H groups in total. The number of aliphatic hydroxyl groups excluding tert-OH is 1. The number of likely N-dealkylation sites (tertiary alicyclic amines) is 1. The first kappa shape index (κ1) is 69.5. The maximum Gasteiger partial charge on any atom is 0.276 e. The number of thiazole rings is 1. The molecule has 0 spiro atoms. The highest BCUT2D eigenvalue weighted by Crippen LogP contribution is 2.36. The van der Waals surface area contributed by atoms with E-state index in [9.17, 15) is 38.3 Å². The van der Waals surface area contributed by atoms with E-state index in [-0.39, 0.29) is 134 Å². The maximum atomic E-state index is 14.2. The summed E-state index contributed by atoms with van der Waals surface area (Å²) in [6.45, 7) is 16.4. The van der Waals surface area contributed by atoms with Gasteiger partial charge >= 0.3 is 0 Å². The van der Waals surface area contributed by atoms with Gasteiger partial charge in [0.15, 0.2) is 17.3 Å². The molecule has 2 aliphatic rings. The van der Waals surface area contributed by atoms with Gasteiger partial charge in [0, 0.05) is 79.0 Å². The lowest BCUT2D eigenvalue weighted by molar-refractivity contribution is -0.144. The Labute approximate surface area is 531 Å². The van der Waals surface area contributed by atoms with Gasteiger partial charge in [-0.05, 0) is 80.6 Å². The van der Waals surface area contributed by atoms with Crippen molar-refractivity contribution < 1.29 is 66.7 Å². The normalized spacial score (nSPS) is 17.5. The average Bonchev–Trinajstić information content (AvgIpc) is 2.20. The van der Waals surface area contributed by atoms with Crippen molar-refractivity contribution in [3.8, 4) is 16.2 Å². The van der Waals surface area contributed by atoms with Crippen molar-refractivity contribution in [3.05, 3.63) is 116 Å². The Hall–Kier alpha value is -6.94. The zero-order valence-corrected chi connectivity index (χ0v) is 53.4. The zero-order valence-electron chi connectivity index (χ0n) is 51.1. The minimum atomic E-state index is -0.954. The van der Waals surface area contributed by atoms with E-state index in [1.54, 1.807) is 57.8 Å². The Morgan fingerprint density at radius 2 is 1.40 bits per heavy atom. The standard InChI is InChI=1S/C62H79Cl2FN10O13S/c1-37-33-73(60(81)43-12-14-44(15-13-43)69-58(79)48-31-50(57(66)72-71-48)88-40(4)53-46(63)16-17-47(65)54(53)64)34-38(2)75(37)52(78)19-21-84-23-25-86-27-29-87-28-26-85-24-22-83-20-18-51(77)70-56(62(5,6)7)61(82)74-35-45(76)30-49(74)59(80)67-32-41-8-10-42(11-9-41)55-39(3)68-36-89-55/h8-17,31,36-38,40,45,49,56,76H,18-30,32-35H2,1-7H3,(H2,66,72)(H,67,80)(H,69,79)(H,70,77)/t37-,38+,40-,45-,49+,56-/m1/s1. The number of carbonyl (C=O) groups excluding carboxylic acids is 6. The summed E-state index contributed by atoms with van der Waals surface area (Å²) in [4.78, 5) is 90.8. The van der Waals surface area contributed by atoms with Crippen molar-refractivity contribution in [2.45, 2.75) is 111 Å². The molecular formula is C62H79Cl2FN10O13S. The molecule has 6 amide bonds. The lowest BCUT2D eigenvalue weighted by atomic mass is 9.85. The molecule has 6 atom stereocenters. The number of nitrogens with one attached hydrogen (secondary N) is 3. The van der Waals surface area contributed by atoms with Gasteiger partial charge in [0.25, 0.3) is 11.8 Å². The fourth-order valence-electron chi connectivity index (χ4n) is 10.3. The molecule has 0 saturated carbocycles. The molecule has 0 bridgehead atoms. The van der Waals surface area contributed by atoms with E-state index in [1.165, 1.54) is 17.0 Å². The Bertz CT molecular complexity index is 3200. The molecule has 89 heavy (non-hydrogen) atoms. The number of β-amino-alcohol motifs (C(OH)–C–C–N with tert-alkyl or cyclic N) is 1. The predicted molar refractivity (Wildman–Crippen MR) is 333 cm³/mol. The van der Waals surface area contributed by atoms with Gasteiger partial charge in [-0.3, -0.25) is 28.8 Å². The summed E-state index contributed by atoms with van der Waals surface area (Å²) in [6, 6.07) is 15.6. The lowest BCUT2D eigenvalue weighted by Gasteiger charge is -2.44. The minimum absolute atomic E-state index is 0.00105. The number of rotatable bonds is 30. The monoisotopic (exact) mass is 1290 g/mol. The van der Waals surface area contributed by atoms with E-state index in [0.29, 0.717) is 57.4 Å². The fraction of sp³-hybridized carbons (Fsp3) is 0.500. The first-order valence-electron chi connectivity index (χ1n) is 29.4. The number of piperazine rings is 1. The van der Waals surface area contributed by atoms with Crippen molar-refractivity contribution in [3.63, 3.8) is 0 Å². The molecule has 23 nitrogen and oxygen atoms in total. The zero-order chi connectivity index (χ0) is 64.4. The number of amides is 6. The highest BCUT2D eigenvalue weighted by Gasteiger charge is 2.44. The smallest absolute Gasteiger partial charge is 0.276 e. The molecule has 0 unspecified atom stereocenters. The topological polar surface area (TPSA) is 289 Å². The molecule has 2 saturated heterocycles. The van der Waals surface area contributed by atoms with Crippen molar-refractivity contribution >= 4 is 81.5 Å². The van der Waals surface area contributed by atoms with Crippen LogP contribution in [0.3, 0.4) is 0 Å². The van der Waals surface area contributed by atoms with E-state index in [0.717, 1.165) is 27.8 Å². The van der Waals surface area contributed by atoms with Crippen LogP contribution in [0, 0.1) is 18.2 Å². The number of ether oxygens (including phenoxy) is 6. The summed E-state index contributed by atoms with van der Waals surface area (Å²) in [7, 11) is 0. The molecule has 27 heteroatoms. The summed E-state index contributed by atoms with van der Waals surface area (Å²) in [5.41, 5.74) is 10.8. The molecule has 3 aromatic carbocycles. The van der Waals surface area contributed by atoms with Crippen LogP contribution >= 0.6 is 34.5 Å². The Kier molecular flexibility index (Phi) is 26.0. The number of aromatic nitrogens is 3. The van der Waals surface area contributed by atoms with E-state index in [4.69, 9.17) is 57.4 Å². The van der Waals surface area contributed by atoms with Crippen molar-refractivity contribution in [1.29, 1.82) is 0 Å². The third kappa shape index (κ3) is 19.8. The van der Waals surface area contributed by atoms with E-state index in [1.807, 2.05) is 65.8 Å². The Morgan fingerprint density at radius 3 is 1.99 bits per heavy atom. The van der Waals surface area contributed by atoms with Crippen LogP contribution < -0.4 is 26.4 Å². The largest absolute Gasteiger partial charge is 0.482 e. The third-order valence-corrected chi connectivity index (χ3v) is 16.5. The summed E-state index contributed by atoms with van der Waals surface area (Å²) in [6.07, 6.45) is -1.50. The van der Waals surface area contributed by atoms with Gasteiger partial charge < -0.3 is 69.9 Å². The SMILES string of the molecule is Cc1ncsc1-c1ccc(CNC(=O)[C@@H]2C[C@@H](O)CN2C(=O)[C@@H](NC(=O)CCOCCOCCOCCOCCOCCC(=O)N2[C@H](C)CN(C(=O)c3ccc(NC(=O)c4cc(O[C@H](C)c5c(Cl)ccc(F)c5Cl)c(N)nn4)cc3)C[C@@H]2C)C(C)(C)C)cc1. The summed E-state index contributed by atoms with van der Waals surface area (Å²) in [5, 5.41) is 26.7. The number of carbonyl (C=O) groups is 6. The average molecular weight is 1290 g/mol. The first-order chi connectivity index (χ1) is 42.5. The van der Waals surface area contributed by atoms with E-state index in [2.05, 4.69) is 31.1 Å². The van der Waals surface area contributed by atoms with Gasteiger partial charge in [0.05, 0.1) is 99.7 Å². The molecule has 0 aliphatic carbocycles. The second-order valence-electron chi connectivity index (χ2n) is 22.7. The fourth-order valence-corrected chi connectivity index (χ4v) is 11.7. The van der Waals surface area contributed by atoms with Gasteiger partial charge in [-0.1, -0.05) is 68.2 Å². The quantitative estimate of drug-likeness (QED) is 0.0227. The molecule has 2 fully saturated rings. The third-order valence-electron chi connectivity index (χ3n) is 14.8. The second-order valence-corrected chi connectivity index (χ2v) is 24.4. The number of nitrogens with two attached hydrogens (primary N) is 1. The molecule has 2 aromatic heterocycles. The van der Waals surface area contributed by atoms with Crippen LogP contribution in [0.25, 0.3) is 10.4 Å². The number of halogens is 3. The van der Waals surface area contributed by atoms with Crippen LogP contribution in [0.1, 0.15) is 105 Å². The molecule has 2 aliphatic heterocycles. The first-order valence-corrected chi connectivity index (χ1v) is 31.0. The molecule has 482 valence electrons. The summed E-state index contributed by atoms with van der Waals surface area (Å²) < 4.78 is 48.1. The lowest BCUT2D eigenvalue weighted by Crippen LogP contribution is -2.59. The van der Waals surface area contributed by atoms with Crippen LogP contribution in [0.2, 0.25) is 10.0 Å². The van der Waals surface area contributed by atoms with Crippen LogP contribution in [0.15, 0.2) is 72.2 Å². The van der Waals surface area contributed by atoms with Gasteiger partial charge in [-0.25, -0.2) is 9.37 Å². The molecule has 0 radical (unpaired) electrons. The van der Waals surface area contributed by atoms with Gasteiger partial charge in [0.2, 0.25) is 23.6 Å². The highest BCUT2D eigenvalue weighted by atomic mass is 35.5. The number of anilines is 2. The summed E-state index contributed by atoms with van der Waals surface area (Å²) >= 11 is 14.0. The van der Waals surface area contributed by atoms with Crippen LogP contribution in [-0.4, -0.2) is 186 Å². The van der Waals surface area contributed by atoms with E-state index >= 15 is 0 Å². The van der Waals surface area contributed by atoms with E-state index < -0.39 is 47.3 Å². The van der Waals surface area contributed by atoms with Crippen LogP contribution in [0.5, 0.6) is 5.75 Å². The Balaban J connectivity index is 0.692. The number of hydrogen-bond donors (Lipinski definition) is 5. The molecule has 5 aromatic rings. The number of nitrogens with zero attached hydrogens (tertiary/aromatic N) is 6. The van der Waals surface area contributed by atoms with Crippen LogP contribution in [-0.2, 0) is 49.4 Å². The predicted octanol–water partition coefficient (Wildman–Crippen LogP) is 7.06. The second kappa shape index (κ2) is 33.2.